The molecule has 2 aromatic heterocycles. The van der Waals surface area contributed by atoms with E-state index < -0.39 is 0 Å². The van der Waals surface area contributed by atoms with Crippen LogP contribution in [0.25, 0.3) is 10.2 Å². The quantitative estimate of drug-likeness (QED) is 0.789. The van der Waals surface area contributed by atoms with Crippen molar-refractivity contribution < 1.29 is 14.3 Å². The van der Waals surface area contributed by atoms with E-state index in [0.717, 1.165) is 0 Å². The predicted octanol–water partition coefficient (Wildman–Crippen LogP) is 0.923. The van der Waals surface area contributed by atoms with Gasteiger partial charge in [-0.15, -0.1) is 11.3 Å². The van der Waals surface area contributed by atoms with Gasteiger partial charge >= 0.3 is 0 Å². The molecule has 4 heterocycles. The number of carbonyl (C=O) groups is 2. The molecule has 2 aliphatic rings. The molecule has 0 bridgehead atoms. The van der Waals surface area contributed by atoms with E-state index >= 15 is 0 Å². The van der Waals surface area contributed by atoms with Gasteiger partial charge in [0.15, 0.2) is 0 Å². The van der Waals surface area contributed by atoms with Crippen molar-refractivity contribution in [3.63, 3.8) is 0 Å². The summed E-state index contributed by atoms with van der Waals surface area (Å²) in [6.45, 7) is 4.19. The Hall–Kier alpha value is -2.52. The Labute approximate surface area is 159 Å². The summed E-state index contributed by atoms with van der Waals surface area (Å²) in [6.07, 6.45) is 5.50. The van der Waals surface area contributed by atoms with Crippen LogP contribution in [0.4, 0.5) is 0 Å². The lowest BCUT2D eigenvalue weighted by Crippen LogP contribution is -2.50. The van der Waals surface area contributed by atoms with Gasteiger partial charge in [-0.25, -0.2) is 4.98 Å². The highest BCUT2D eigenvalue weighted by atomic mass is 32.1. The normalized spacial score (nSPS) is 19.8. The number of carbonyl (C=O) groups excluding carboxylic acids is 2. The molecule has 2 amide bonds. The van der Waals surface area contributed by atoms with Gasteiger partial charge in [0.1, 0.15) is 4.83 Å². The van der Waals surface area contributed by atoms with Crippen LogP contribution in [-0.4, -0.2) is 70.5 Å². The maximum Gasteiger partial charge on any atom is 0.264 e. The van der Waals surface area contributed by atoms with Gasteiger partial charge in [-0.3, -0.25) is 14.4 Å². The van der Waals surface area contributed by atoms with Crippen LogP contribution in [0.15, 0.2) is 23.3 Å². The summed E-state index contributed by atoms with van der Waals surface area (Å²) in [5.41, 5.74) is 0.387. The molecule has 1 atom stereocenters. The second-order valence-corrected chi connectivity index (χ2v) is 7.67. The van der Waals surface area contributed by atoms with E-state index in [-0.39, 0.29) is 29.8 Å². The third kappa shape index (κ3) is 3.28. The number of nitrogens with one attached hydrogen (secondary N) is 1. The van der Waals surface area contributed by atoms with E-state index in [1.807, 2.05) is 12.2 Å². The van der Waals surface area contributed by atoms with Crippen LogP contribution in [-0.2, 0) is 9.53 Å². The first kappa shape index (κ1) is 17.9. The van der Waals surface area contributed by atoms with Crippen LogP contribution < -0.4 is 5.56 Å². The molecule has 4 rings (SSSR count). The summed E-state index contributed by atoms with van der Waals surface area (Å²) >= 11 is 1.22. The molecule has 2 aromatic rings. The topological polar surface area (TPSA) is 95.6 Å². The van der Waals surface area contributed by atoms with Gasteiger partial charge in [0.05, 0.1) is 35.8 Å². The van der Waals surface area contributed by atoms with Gasteiger partial charge in [0.2, 0.25) is 5.91 Å². The highest BCUT2D eigenvalue weighted by Gasteiger charge is 2.33. The average molecular weight is 388 g/mol. The molecule has 1 saturated heterocycles. The van der Waals surface area contributed by atoms with Crippen molar-refractivity contribution >= 4 is 33.4 Å². The number of hydrogen-bond acceptors (Lipinski definition) is 6. The number of aryl methyl sites for hydroxylation is 1. The molecule has 142 valence electrons. The minimum atomic E-state index is -0.310. The van der Waals surface area contributed by atoms with E-state index in [1.165, 1.54) is 17.7 Å². The molecule has 0 radical (unpaired) electrons. The standard InChI is InChI=1S/C18H20N4O4S/c1-11-14-16(24)19-10-20-17(14)27-15(11)18(25)22-6-7-26-9-12(22)8-13(23)21-4-2-3-5-21/h2-3,10,12H,4-9H2,1H3,(H,19,20,24)/t12-/m0/s1. The number of nitrogens with zero attached hydrogens (tertiary/aromatic N) is 3. The first-order chi connectivity index (χ1) is 13.1. The first-order valence-electron chi connectivity index (χ1n) is 8.84. The van der Waals surface area contributed by atoms with Crippen LogP contribution in [0.2, 0.25) is 0 Å². The number of thiophene rings is 1. The molecule has 0 aliphatic carbocycles. The Morgan fingerprint density at radius 2 is 2.15 bits per heavy atom. The third-order valence-electron chi connectivity index (χ3n) is 5.00. The second-order valence-electron chi connectivity index (χ2n) is 6.67. The van der Waals surface area contributed by atoms with Crippen molar-refractivity contribution in [2.24, 2.45) is 0 Å². The Bertz CT molecular complexity index is 971. The summed E-state index contributed by atoms with van der Waals surface area (Å²) in [6, 6.07) is -0.310. The minimum absolute atomic E-state index is 0.0134. The molecular formula is C18H20N4O4S. The number of rotatable bonds is 3. The van der Waals surface area contributed by atoms with Gasteiger partial charge in [-0.2, -0.15) is 0 Å². The Balaban J connectivity index is 1.59. The van der Waals surface area contributed by atoms with Crippen LogP contribution in [0.5, 0.6) is 0 Å². The third-order valence-corrected chi connectivity index (χ3v) is 6.18. The van der Waals surface area contributed by atoms with Gasteiger partial charge in [0.25, 0.3) is 11.5 Å². The molecule has 2 aliphatic heterocycles. The van der Waals surface area contributed by atoms with Crippen molar-refractivity contribution in [2.75, 3.05) is 32.8 Å². The highest BCUT2D eigenvalue weighted by Crippen LogP contribution is 2.29. The molecule has 9 heteroatoms. The summed E-state index contributed by atoms with van der Waals surface area (Å²) in [7, 11) is 0. The fourth-order valence-electron chi connectivity index (χ4n) is 3.52. The number of aromatic amines is 1. The van der Waals surface area contributed by atoms with Gasteiger partial charge in [-0.05, 0) is 12.5 Å². The first-order valence-corrected chi connectivity index (χ1v) is 9.66. The Kier molecular flexibility index (Phi) is 4.79. The number of amides is 2. The molecule has 8 nitrogen and oxygen atoms in total. The molecule has 0 saturated carbocycles. The minimum Gasteiger partial charge on any atom is -0.377 e. The van der Waals surface area contributed by atoms with Crippen molar-refractivity contribution in [1.29, 1.82) is 0 Å². The number of morpholine rings is 1. The second kappa shape index (κ2) is 7.24. The van der Waals surface area contributed by atoms with Crippen LogP contribution in [0, 0.1) is 6.92 Å². The monoisotopic (exact) mass is 388 g/mol. The summed E-state index contributed by atoms with van der Waals surface area (Å²) in [4.78, 5) is 49.0. The molecule has 1 N–H and O–H groups in total. The largest absolute Gasteiger partial charge is 0.377 e. The van der Waals surface area contributed by atoms with Gasteiger partial charge in [-0.1, -0.05) is 12.2 Å². The summed E-state index contributed by atoms with van der Waals surface area (Å²) in [5.74, 6) is -0.157. The van der Waals surface area contributed by atoms with E-state index in [4.69, 9.17) is 4.74 Å². The van der Waals surface area contributed by atoms with Crippen molar-refractivity contribution in [1.82, 2.24) is 19.8 Å². The molecular weight excluding hydrogens is 368 g/mol. The number of ether oxygens (including phenoxy) is 1. The van der Waals surface area contributed by atoms with E-state index in [2.05, 4.69) is 9.97 Å². The smallest absolute Gasteiger partial charge is 0.264 e. The zero-order chi connectivity index (χ0) is 19.0. The zero-order valence-corrected chi connectivity index (χ0v) is 15.8. The van der Waals surface area contributed by atoms with Crippen molar-refractivity contribution in [3.05, 3.63) is 39.3 Å². The van der Waals surface area contributed by atoms with Crippen molar-refractivity contribution in [3.8, 4) is 0 Å². The van der Waals surface area contributed by atoms with E-state index in [1.54, 1.807) is 16.7 Å². The molecule has 27 heavy (non-hydrogen) atoms. The maximum atomic E-state index is 13.2. The summed E-state index contributed by atoms with van der Waals surface area (Å²) < 4.78 is 5.53. The lowest BCUT2D eigenvalue weighted by Gasteiger charge is -2.36. The van der Waals surface area contributed by atoms with Crippen LogP contribution in [0.1, 0.15) is 21.7 Å². The molecule has 1 fully saturated rings. The number of aromatic nitrogens is 2. The lowest BCUT2D eigenvalue weighted by molar-refractivity contribution is -0.132. The Morgan fingerprint density at radius 1 is 1.37 bits per heavy atom. The summed E-state index contributed by atoms with van der Waals surface area (Å²) in [5, 5.41) is 0.454. The fourth-order valence-corrected chi connectivity index (χ4v) is 4.62. The average Bonchev–Trinajstić information content (AvgIpc) is 3.31. The SMILES string of the molecule is Cc1c(C(=O)N2CCOC[C@@H]2CC(=O)N2CC=CC2)sc2nc[nH]c(=O)c12. The van der Waals surface area contributed by atoms with Crippen molar-refractivity contribution in [2.45, 2.75) is 19.4 Å². The van der Waals surface area contributed by atoms with Gasteiger partial charge < -0.3 is 19.5 Å². The highest BCUT2D eigenvalue weighted by molar-refractivity contribution is 7.20. The lowest BCUT2D eigenvalue weighted by atomic mass is 10.1. The van der Waals surface area contributed by atoms with Gasteiger partial charge in [0, 0.05) is 26.1 Å². The number of hydrogen-bond donors (Lipinski definition) is 1. The molecule has 0 aromatic carbocycles. The predicted molar refractivity (Wildman–Crippen MR) is 101 cm³/mol. The van der Waals surface area contributed by atoms with E-state index in [0.29, 0.717) is 53.5 Å². The fraction of sp³-hybridized carbons (Fsp3) is 0.444. The zero-order valence-electron chi connectivity index (χ0n) is 14.9. The van der Waals surface area contributed by atoms with Crippen LogP contribution >= 0.6 is 11.3 Å². The number of fused-ring (bicyclic) bond motifs is 1. The van der Waals surface area contributed by atoms with Crippen LogP contribution in [0.3, 0.4) is 0 Å². The molecule has 0 unspecified atom stereocenters. The Morgan fingerprint density at radius 3 is 2.89 bits per heavy atom. The maximum absolute atomic E-state index is 13.2. The number of H-pyrrole nitrogens is 1. The molecule has 0 spiro atoms. The van der Waals surface area contributed by atoms with E-state index in [9.17, 15) is 14.4 Å².